The summed E-state index contributed by atoms with van der Waals surface area (Å²) in [7, 11) is 0. The fraction of sp³-hybridized carbons (Fsp3) is 0.188. The fourth-order valence-electron chi connectivity index (χ4n) is 1.81. The first-order valence-corrected chi connectivity index (χ1v) is 7.33. The Morgan fingerprint density at radius 1 is 1.12 bits per heavy atom. The van der Waals surface area contributed by atoms with Crippen LogP contribution in [0.5, 0.6) is 0 Å². The number of amides is 2. The van der Waals surface area contributed by atoms with E-state index >= 15 is 0 Å². The third-order valence-corrected chi connectivity index (χ3v) is 3.01. The second kappa shape index (κ2) is 8.96. The summed E-state index contributed by atoms with van der Waals surface area (Å²) in [5.41, 5.74) is 0.717. The average molecular weight is 344 g/mol. The Morgan fingerprint density at radius 2 is 1.92 bits per heavy atom. The molecule has 0 aliphatic rings. The van der Waals surface area contributed by atoms with Gasteiger partial charge in [-0.15, -0.1) is 0 Å². The molecule has 0 aliphatic heterocycles. The predicted octanol–water partition coefficient (Wildman–Crippen LogP) is 0.831. The van der Waals surface area contributed by atoms with Crippen molar-refractivity contribution in [3.8, 4) is 0 Å². The number of aromatic nitrogens is 2. The van der Waals surface area contributed by atoms with E-state index in [4.69, 9.17) is 9.84 Å². The van der Waals surface area contributed by atoms with Gasteiger partial charge in [0, 0.05) is 42.8 Å². The van der Waals surface area contributed by atoms with Gasteiger partial charge in [0.05, 0.1) is 0 Å². The van der Waals surface area contributed by atoms with Crippen LogP contribution in [0.4, 0.5) is 4.79 Å². The number of pyridine rings is 2. The molecule has 0 atom stereocenters. The number of aromatic carboxylic acids is 1. The molecular weight excluding hydrogens is 328 g/mol. The summed E-state index contributed by atoms with van der Waals surface area (Å²) in [6.07, 6.45) is 3.84. The van der Waals surface area contributed by atoms with E-state index < -0.39 is 18.0 Å². The van der Waals surface area contributed by atoms with Crippen LogP contribution in [-0.2, 0) is 11.3 Å². The molecule has 0 saturated carbocycles. The molecule has 9 heteroatoms. The Labute approximate surface area is 143 Å². The molecule has 0 bridgehead atoms. The minimum Gasteiger partial charge on any atom is -0.477 e. The second-order valence-electron chi connectivity index (χ2n) is 4.85. The highest BCUT2D eigenvalue weighted by atomic mass is 16.5. The molecule has 0 radical (unpaired) electrons. The van der Waals surface area contributed by atoms with Gasteiger partial charge in [-0.05, 0) is 18.2 Å². The molecule has 0 unspecified atom stereocenters. The molecule has 2 aromatic heterocycles. The van der Waals surface area contributed by atoms with Gasteiger partial charge < -0.3 is 20.5 Å². The summed E-state index contributed by atoms with van der Waals surface area (Å²) in [6.45, 7) is 0.418. The highest BCUT2D eigenvalue weighted by Gasteiger charge is 2.10. The maximum atomic E-state index is 11.9. The molecule has 0 aliphatic carbocycles. The van der Waals surface area contributed by atoms with E-state index in [0.717, 1.165) is 5.56 Å². The SMILES string of the molecule is O=C(NCCNC(=O)c1ccnc(C(=O)O)c1)OCc1cccnc1. The van der Waals surface area contributed by atoms with Crippen LogP contribution in [0, 0.1) is 0 Å². The van der Waals surface area contributed by atoms with Crippen LogP contribution in [0.2, 0.25) is 0 Å². The first-order chi connectivity index (χ1) is 12.1. The number of carboxylic acid groups (broad SMARTS) is 1. The number of nitrogens with one attached hydrogen (secondary N) is 2. The van der Waals surface area contributed by atoms with Crippen molar-refractivity contribution in [1.29, 1.82) is 0 Å². The maximum Gasteiger partial charge on any atom is 0.407 e. The van der Waals surface area contributed by atoms with E-state index in [9.17, 15) is 14.4 Å². The van der Waals surface area contributed by atoms with Gasteiger partial charge in [0.2, 0.25) is 0 Å². The number of nitrogens with zero attached hydrogens (tertiary/aromatic N) is 2. The molecule has 130 valence electrons. The summed E-state index contributed by atoms with van der Waals surface area (Å²) >= 11 is 0. The summed E-state index contributed by atoms with van der Waals surface area (Å²) in [4.78, 5) is 41.8. The molecule has 9 nitrogen and oxygen atoms in total. The van der Waals surface area contributed by atoms with Gasteiger partial charge in [-0.25, -0.2) is 14.6 Å². The second-order valence-corrected chi connectivity index (χ2v) is 4.85. The number of rotatable bonds is 7. The minimum atomic E-state index is -1.22. The zero-order chi connectivity index (χ0) is 18.1. The quantitative estimate of drug-likeness (QED) is 0.634. The molecule has 2 amide bonds. The van der Waals surface area contributed by atoms with Gasteiger partial charge in [0.25, 0.3) is 5.91 Å². The van der Waals surface area contributed by atoms with E-state index in [2.05, 4.69) is 20.6 Å². The number of hydrogen-bond acceptors (Lipinski definition) is 6. The Kier molecular flexibility index (Phi) is 6.40. The van der Waals surface area contributed by atoms with Crippen molar-refractivity contribution in [2.24, 2.45) is 0 Å². The number of hydrogen-bond donors (Lipinski definition) is 3. The zero-order valence-corrected chi connectivity index (χ0v) is 13.1. The molecule has 0 fully saturated rings. The van der Waals surface area contributed by atoms with E-state index in [-0.39, 0.29) is 31.0 Å². The highest BCUT2D eigenvalue weighted by molar-refractivity contribution is 5.96. The smallest absolute Gasteiger partial charge is 0.407 e. The van der Waals surface area contributed by atoms with E-state index in [1.165, 1.54) is 18.3 Å². The van der Waals surface area contributed by atoms with E-state index in [1.54, 1.807) is 24.5 Å². The first-order valence-electron chi connectivity index (χ1n) is 7.33. The number of carbonyl (C=O) groups excluding carboxylic acids is 2. The van der Waals surface area contributed by atoms with Crippen LogP contribution in [0.15, 0.2) is 42.9 Å². The zero-order valence-electron chi connectivity index (χ0n) is 13.1. The maximum absolute atomic E-state index is 11.9. The van der Waals surface area contributed by atoms with Crippen LogP contribution < -0.4 is 10.6 Å². The van der Waals surface area contributed by atoms with Crippen molar-refractivity contribution in [3.05, 3.63) is 59.7 Å². The Morgan fingerprint density at radius 3 is 2.64 bits per heavy atom. The topological polar surface area (TPSA) is 131 Å². The van der Waals surface area contributed by atoms with Crippen molar-refractivity contribution >= 4 is 18.0 Å². The summed E-state index contributed by atoms with van der Waals surface area (Å²) in [5, 5.41) is 13.9. The number of ether oxygens (including phenoxy) is 1. The molecule has 2 heterocycles. The number of alkyl carbamates (subject to hydrolysis) is 1. The third kappa shape index (κ3) is 5.90. The highest BCUT2D eigenvalue weighted by Crippen LogP contribution is 2.02. The lowest BCUT2D eigenvalue weighted by molar-refractivity contribution is 0.0690. The largest absolute Gasteiger partial charge is 0.477 e. The molecule has 3 N–H and O–H groups in total. The predicted molar refractivity (Wildman–Crippen MR) is 86.0 cm³/mol. The summed E-state index contributed by atoms with van der Waals surface area (Å²) in [6, 6.07) is 6.09. The van der Waals surface area contributed by atoms with Crippen molar-refractivity contribution in [2.45, 2.75) is 6.61 Å². The summed E-state index contributed by atoms with van der Waals surface area (Å²) < 4.78 is 4.99. The van der Waals surface area contributed by atoms with Crippen LogP contribution in [0.1, 0.15) is 26.4 Å². The van der Waals surface area contributed by atoms with Gasteiger partial charge in [-0.1, -0.05) is 6.07 Å². The summed E-state index contributed by atoms with van der Waals surface area (Å²) in [5.74, 6) is -1.68. The molecule has 0 spiro atoms. The Bertz CT molecular complexity index is 751. The molecule has 0 aromatic carbocycles. The Balaban J connectivity index is 1.68. The minimum absolute atomic E-state index is 0.0982. The normalized spacial score (nSPS) is 9.92. The average Bonchev–Trinajstić information content (AvgIpc) is 2.64. The monoisotopic (exact) mass is 344 g/mol. The fourth-order valence-corrected chi connectivity index (χ4v) is 1.81. The lowest BCUT2D eigenvalue weighted by Gasteiger charge is -2.08. The molecule has 2 aromatic rings. The van der Waals surface area contributed by atoms with Gasteiger partial charge >= 0.3 is 12.1 Å². The van der Waals surface area contributed by atoms with Gasteiger partial charge in [0.15, 0.2) is 0 Å². The van der Waals surface area contributed by atoms with Crippen LogP contribution in [-0.4, -0.2) is 46.1 Å². The van der Waals surface area contributed by atoms with Crippen molar-refractivity contribution in [2.75, 3.05) is 13.1 Å². The van der Waals surface area contributed by atoms with Crippen LogP contribution >= 0.6 is 0 Å². The van der Waals surface area contributed by atoms with E-state index in [0.29, 0.717) is 0 Å². The molecule has 2 rings (SSSR count). The molecular formula is C16H16N4O5. The standard InChI is InChI=1S/C16H16N4O5/c21-14(12-3-5-18-13(8-12)15(22)23)19-6-7-20-16(24)25-10-11-2-1-4-17-9-11/h1-5,8-9H,6-7,10H2,(H,19,21)(H,20,24)(H,22,23). The van der Waals surface area contributed by atoms with Crippen LogP contribution in [0.25, 0.3) is 0 Å². The van der Waals surface area contributed by atoms with Crippen LogP contribution in [0.3, 0.4) is 0 Å². The van der Waals surface area contributed by atoms with Gasteiger partial charge in [-0.2, -0.15) is 0 Å². The van der Waals surface area contributed by atoms with Gasteiger partial charge in [-0.3, -0.25) is 9.78 Å². The Hall–Kier alpha value is -3.49. The van der Waals surface area contributed by atoms with Gasteiger partial charge in [0.1, 0.15) is 12.3 Å². The molecule has 0 saturated heterocycles. The van der Waals surface area contributed by atoms with E-state index in [1.807, 2.05) is 0 Å². The van der Waals surface area contributed by atoms with Crippen molar-refractivity contribution < 1.29 is 24.2 Å². The van der Waals surface area contributed by atoms with Crippen molar-refractivity contribution in [1.82, 2.24) is 20.6 Å². The lowest BCUT2D eigenvalue weighted by Crippen LogP contribution is -2.35. The first kappa shape index (κ1) is 17.9. The third-order valence-electron chi connectivity index (χ3n) is 3.01. The molecule has 25 heavy (non-hydrogen) atoms. The number of carbonyl (C=O) groups is 3. The number of carboxylic acids is 1. The lowest BCUT2D eigenvalue weighted by atomic mass is 10.2. The van der Waals surface area contributed by atoms with Crippen molar-refractivity contribution in [3.63, 3.8) is 0 Å².